The van der Waals surface area contributed by atoms with E-state index in [-0.39, 0.29) is 6.10 Å². The quantitative estimate of drug-likeness (QED) is 0.708. The number of aryl methyl sites for hydroxylation is 1. The molecule has 126 valence electrons. The van der Waals surface area contributed by atoms with Gasteiger partial charge >= 0.3 is 0 Å². The van der Waals surface area contributed by atoms with Crippen LogP contribution in [0, 0.1) is 0 Å². The molecule has 0 N–H and O–H groups in total. The third kappa shape index (κ3) is 4.48. The van der Waals surface area contributed by atoms with Crippen LogP contribution in [0.4, 0.5) is 0 Å². The van der Waals surface area contributed by atoms with Gasteiger partial charge in [0.15, 0.2) is 6.10 Å². The van der Waals surface area contributed by atoms with Gasteiger partial charge in [-0.15, -0.1) is 0 Å². The molecule has 0 bridgehead atoms. The number of hydrogen-bond donors (Lipinski definition) is 0. The van der Waals surface area contributed by atoms with Crippen LogP contribution >= 0.6 is 12.2 Å². The van der Waals surface area contributed by atoms with E-state index in [1.165, 1.54) is 5.56 Å². The van der Waals surface area contributed by atoms with Gasteiger partial charge in [0.1, 0.15) is 12.4 Å². The highest BCUT2D eigenvalue weighted by Crippen LogP contribution is 2.19. The van der Waals surface area contributed by atoms with Gasteiger partial charge in [-0.1, -0.05) is 48.5 Å². The summed E-state index contributed by atoms with van der Waals surface area (Å²) >= 11 is 5.40. The third-order valence-electron chi connectivity index (χ3n) is 4.31. The van der Waals surface area contributed by atoms with Crippen molar-refractivity contribution in [2.24, 2.45) is 0 Å². The van der Waals surface area contributed by atoms with E-state index in [1.807, 2.05) is 36.4 Å². The molecule has 0 spiro atoms. The number of hydrogen-bond acceptors (Lipinski definition) is 3. The summed E-state index contributed by atoms with van der Waals surface area (Å²) in [5, 5.41) is 0.595. The minimum Gasteiger partial charge on any atom is -0.490 e. The van der Waals surface area contributed by atoms with Crippen LogP contribution in [0.15, 0.2) is 60.7 Å². The van der Waals surface area contributed by atoms with Crippen LogP contribution in [0.2, 0.25) is 0 Å². The number of ether oxygens (including phenoxy) is 2. The molecule has 3 rings (SSSR count). The maximum Gasteiger partial charge on any atom is 0.260 e. The Kier molecular flexibility index (Phi) is 5.70. The van der Waals surface area contributed by atoms with Crippen LogP contribution in [0.5, 0.6) is 5.75 Å². The van der Waals surface area contributed by atoms with E-state index in [1.54, 1.807) is 0 Å². The molecule has 3 nitrogen and oxygen atoms in total. The zero-order valence-electron chi connectivity index (χ0n) is 13.9. The van der Waals surface area contributed by atoms with Gasteiger partial charge < -0.3 is 14.4 Å². The third-order valence-corrected chi connectivity index (χ3v) is 4.64. The summed E-state index contributed by atoms with van der Waals surface area (Å²) < 4.78 is 11.6. The topological polar surface area (TPSA) is 21.7 Å². The minimum atomic E-state index is -0.00289. The molecule has 4 heteroatoms. The first kappa shape index (κ1) is 16.8. The Labute approximate surface area is 149 Å². The molecule has 2 atom stereocenters. The molecule has 0 amide bonds. The van der Waals surface area contributed by atoms with E-state index in [4.69, 9.17) is 21.7 Å². The summed E-state index contributed by atoms with van der Waals surface area (Å²) in [6.45, 7) is 3.52. The highest BCUT2D eigenvalue weighted by Gasteiger charge is 2.31. The summed E-state index contributed by atoms with van der Waals surface area (Å²) in [4.78, 5) is 2.18. The lowest BCUT2D eigenvalue weighted by Crippen LogP contribution is -2.35. The first-order valence-corrected chi connectivity index (χ1v) is 8.82. The second kappa shape index (κ2) is 8.15. The fourth-order valence-corrected chi connectivity index (χ4v) is 3.26. The van der Waals surface area contributed by atoms with Crippen LogP contribution in [0.1, 0.15) is 18.9 Å². The van der Waals surface area contributed by atoms with Crippen molar-refractivity contribution in [2.75, 3.05) is 13.2 Å². The molecule has 0 aliphatic carbocycles. The van der Waals surface area contributed by atoms with Crippen LogP contribution in [-0.2, 0) is 11.2 Å². The zero-order valence-corrected chi connectivity index (χ0v) is 14.7. The average Bonchev–Trinajstić information content (AvgIpc) is 3.00. The van der Waals surface area contributed by atoms with Gasteiger partial charge in [-0.2, -0.15) is 0 Å². The van der Waals surface area contributed by atoms with Gasteiger partial charge in [0.25, 0.3) is 5.17 Å². The van der Waals surface area contributed by atoms with Crippen molar-refractivity contribution in [1.82, 2.24) is 4.90 Å². The van der Waals surface area contributed by atoms with Gasteiger partial charge in [-0.25, -0.2) is 0 Å². The molecule has 0 saturated carbocycles. The van der Waals surface area contributed by atoms with Crippen molar-refractivity contribution < 1.29 is 9.47 Å². The highest BCUT2D eigenvalue weighted by molar-refractivity contribution is 7.80. The van der Waals surface area contributed by atoms with Crippen molar-refractivity contribution in [1.29, 1.82) is 0 Å². The van der Waals surface area contributed by atoms with Crippen molar-refractivity contribution >= 4 is 17.4 Å². The van der Waals surface area contributed by atoms with Crippen LogP contribution in [0.3, 0.4) is 0 Å². The van der Waals surface area contributed by atoms with Crippen LogP contribution in [0.25, 0.3) is 0 Å². The number of thiocarbonyl (C=S) groups is 1. The first-order chi connectivity index (χ1) is 11.7. The predicted octanol–water partition coefficient (Wildman–Crippen LogP) is 4.07. The van der Waals surface area contributed by atoms with Crippen LogP contribution < -0.4 is 4.74 Å². The second-order valence-electron chi connectivity index (χ2n) is 6.16. The number of rotatable bonds is 7. The maximum atomic E-state index is 5.80. The van der Waals surface area contributed by atoms with E-state index in [9.17, 15) is 0 Å². The highest BCUT2D eigenvalue weighted by atomic mass is 32.1. The summed E-state index contributed by atoms with van der Waals surface area (Å²) in [5.41, 5.74) is 1.36. The Morgan fingerprint density at radius 3 is 2.50 bits per heavy atom. The molecule has 1 aliphatic rings. The number of nitrogens with zero attached hydrogens (tertiary/aromatic N) is 1. The van der Waals surface area contributed by atoms with E-state index in [0.717, 1.165) is 25.1 Å². The molecule has 1 fully saturated rings. The Balaban J connectivity index is 1.47. The molecule has 2 aromatic carbocycles. The predicted molar refractivity (Wildman–Crippen MR) is 100 cm³/mol. The average molecular weight is 341 g/mol. The molecule has 1 aliphatic heterocycles. The Hall–Kier alpha value is -2.07. The molecular formula is C20H23NO2S. The van der Waals surface area contributed by atoms with Gasteiger partial charge in [-0.05, 0) is 49.7 Å². The normalized spacial score (nSPS) is 18.3. The van der Waals surface area contributed by atoms with Crippen molar-refractivity contribution in [3.05, 3.63) is 66.2 Å². The van der Waals surface area contributed by atoms with E-state index in [2.05, 4.69) is 36.1 Å². The molecular weight excluding hydrogens is 318 g/mol. The lowest BCUT2D eigenvalue weighted by Gasteiger charge is -2.23. The molecule has 2 aromatic rings. The van der Waals surface area contributed by atoms with Gasteiger partial charge in [0, 0.05) is 6.04 Å². The number of benzene rings is 2. The molecule has 0 radical (unpaired) electrons. The van der Waals surface area contributed by atoms with Crippen molar-refractivity contribution in [2.45, 2.75) is 31.9 Å². The Morgan fingerprint density at radius 1 is 1.12 bits per heavy atom. The number of para-hydroxylation sites is 1. The lowest BCUT2D eigenvalue weighted by molar-refractivity contribution is 0.147. The monoisotopic (exact) mass is 341 g/mol. The zero-order chi connectivity index (χ0) is 16.8. The first-order valence-electron chi connectivity index (χ1n) is 8.41. The maximum absolute atomic E-state index is 5.80. The molecule has 0 aromatic heterocycles. The van der Waals surface area contributed by atoms with E-state index >= 15 is 0 Å². The minimum absolute atomic E-state index is 0.00289. The molecule has 24 heavy (non-hydrogen) atoms. The summed E-state index contributed by atoms with van der Waals surface area (Å²) in [7, 11) is 0. The van der Waals surface area contributed by atoms with Crippen molar-refractivity contribution in [3.8, 4) is 5.75 Å². The SMILES string of the molecule is C[C@@H](CCc1ccccc1)N1C[C@@H](COc2ccccc2)OC1=S. The second-order valence-corrected chi connectivity index (χ2v) is 6.50. The Bertz CT molecular complexity index is 647. The smallest absolute Gasteiger partial charge is 0.260 e. The van der Waals surface area contributed by atoms with E-state index < -0.39 is 0 Å². The molecule has 0 unspecified atom stereocenters. The summed E-state index contributed by atoms with van der Waals surface area (Å²) in [6, 6.07) is 20.7. The molecule has 1 saturated heterocycles. The fraction of sp³-hybridized carbons (Fsp3) is 0.350. The summed E-state index contributed by atoms with van der Waals surface area (Å²) in [5.74, 6) is 0.864. The van der Waals surface area contributed by atoms with E-state index in [0.29, 0.717) is 17.8 Å². The summed E-state index contributed by atoms with van der Waals surface area (Å²) in [6.07, 6.45) is 2.10. The standard InChI is InChI=1S/C20H23NO2S/c1-16(12-13-17-8-4-2-5-9-17)21-14-19(23-20(21)24)15-22-18-10-6-3-7-11-18/h2-11,16,19H,12-15H2,1H3/t16-,19-/m0/s1. The molecule has 1 heterocycles. The van der Waals surface area contributed by atoms with Gasteiger partial charge in [0.05, 0.1) is 6.54 Å². The Morgan fingerprint density at radius 2 is 1.79 bits per heavy atom. The fourth-order valence-electron chi connectivity index (χ4n) is 2.87. The van der Waals surface area contributed by atoms with Crippen molar-refractivity contribution in [3.63, 3.8) is 0 Å². The van der Waals surface area contributed by atoms with Gasteiger partial charge in [0.2, 0.25) is 0 Å². The largest absolute Gasteiger partial charge is 0.490 e. The van der Waals surface area contributed by atoms with Crippen LogP contribution in [-0.4, -0.2) is 35.4 Å². The van der Waals surface area contributed by atoms with Gasteiger partial charge in [-0.3, -0.25) is 0 Å². The lowest BCUT2D eigenvalue weighted by atomic mass is 10.1.